The molecule has 0 aromatic rings. The average molecular weight is 254 g/mol. The smallest absolute Gasteiger partial charge is 0.0861 e. The lowest BCUT2D eigenvalue weighted by Crippen LogP contribution is -2.18. The first kappa shape index (κ1) is 8.49. The van der Waals surface area contributed by atoms with Crippen molar-refractivity contribution in [2.75, 3.05) is 13.2 Å². The Balaban J connectivity index is 2.55. The number of hydrogen-bond donors (Lipinski definition) is 1. The van der Waals surface area contributed by atoms with E-state index in [9.17, 15) is 5.11 Å². The van der Waals surface area contributed by atoms with Crippen molar-refractivity contribution in [2.24, 2.45) is 5.92 Å². The summed E-state index contributed by atoms with van der Waals surface area (Å²) in [6, 6.07) is 0. The minimum Gasteiger partial charge on any atom is -0.390 e. The Morgan fingerprint density at radius 1 is 1.70 bits per heavy atom. The molecule has 10 heavy (non-hydrogen) atoms. The van der Waals surface area contributed by atoms with Gasteiger partial charge >= 0.3 is 0 Å². The zero-order valence-corrected chi connectivity index (χ0v) is 8.04. The molecule has 1 aliphatic rings. The van der Waals surface area contributed by atoms with Crippen LogP contribution in [0.4, 0.5) is 0 Å². The summed E-state index contributed by atoms with van der Waals surface area (Å²) in [7, 11) is 0. The van der Waals surface area contributed by atoms with Crippen LogP contribution in [0.2, 0.25) is 0 Å². The zero-order valence-electron chi connectivity index (χ0n) is 5.88. The molecule has 1 saturated heterocycles. The summed E-state index contributed by atoms with van der Waals surface area (Å²) in [5, 5.41) is 9.32. The minimum absolute atomic E-state index is 0.233. The normalized spacial score (nSPS) is 34.9. The van der Waals surface area contributed by atoms with Crippen LogP contribution in [-0.4, -0.2) is 24.4 Å². The van der Waals surface area contributed by atoms with Gasteiger partial charge in [-0.15, -0.1) is 0 Å². The van der Waals surface area contributed by atoms with Gasteiger partial charge in [0.15, 0.2) is 0 Å². The van der Waals surface area contributed by atoms with E-state index in [0.717, 1.165) is 0 Å². The number of aliphatic hydroxyl groups is 1. The molecule has 0 amide bonds. The molecular formula is C7H11IO2. The van der Waals surface area contributed by atoms with Crippen LogP contribution in [0.5, 0.6) is 0 Å². The Kier molecular flexibility index (Phi) is 3.13. The quantitative estimate of drug-likeness (QED) is 0.715. The van der Waals surface area contributed by atoms with Gasteiger partial charge in [-0.2, -0.15) is 0 Å². The van der Waals surface area contributed by atoms with Crippen LogP contribution in [0.25, 0.3) is 0 Å². The second-order valence-corrected chi connectivity index (χ2v) is 3.19. The van der Waals surface area contributed by atoms with Gasteiger partial charge < -0.3 is 9.84 Å². The van der Waals surface area contributed by atoms with E-state index in [1.54, 1.807) is 0 Å². The molecule has 0 saturated carbocycles. The highest BCUT2D eigenvalue weighted by Gasteiger charge is 2.26. The summed E-state index contributed by atoms with van der Waals surface area (Å²) in [5.41, 5.74) is 1.21. The predicted octanol–water partition coefficient (Wildman–Crippen LogP) is 1.33. The topological polar surface area (TPSA) is 29.5 Å². The van der Waals surface area contributed by atoms with Gasteiger partial charge in [-0.3, -0.25) is 0 Å². The maximum atomic E-state index is 9.32. The van der Waals surface area contributed by atoms with Crippen molar-refractivity contribution in [1.29, 1.82) is 0 Å². The number of ether oxygens (including phenoxy) is 1. The first-order valence-corrected chi connectivity index (χ1v) is 4.53. The Hall–Kier alpha value is 0.390. The van der Waals surface area contributed by atoms with Crippen LogP contribution >= 0.6 is 22.6 Å². The number of aliphatic hydroxyl groups excluding tert-OH is 1. The third-order valence-corrected chi connectivity index (χ3v) is 2.79. The molecule has 3 heteroatoms. The van der Waals surface area contributed by atoms with Crippen molar-refractivity contribution < 1.29 is 9.84 Å². The molecule has 0 bridgehead atoms. The largest absolute Gasteiger partial charge is 0.390 e. The lowest BCUT2D eigenvalue weighted by Gasteiger charge is -2.11. The van der Waals surface area contributed by atoms with Gasteiger partial charge in [0.25, 0.3) is 0 Å². The van der Waals surface area contributed by atoms with Crippen molar-refractivity contribution in [1.82, 2.24) is 0 Å². The Bertz CT molecular complexity index is 145. The molecule has 1 N–H and O–H groups in total. The average Bonchev–Trinajstić information content (AvgIpc) is 2.34. The fourth-order valence-corrected chi connectivity index (χ4v) is 1.52. The molecule has 0 radical (unpaired) electrons. The van der Waals surface area contributed by atoms with Crippen LogP contribution in [0.15, 0.2) is 9.66 Å². The molecule has 2 nitrogen and oxygen atoms in total. The molecule has 0 aromatic heterocycles. The van der Waals surface area contributed by atoms with Crippen LogP contribution in [-0.2, 0) is 4.74 Å². The van der Waals surface area contributed by atoms with E-state index in [-0.39, 0.29) is 12.0 Å². The summed E-state index contributed by atoms with van der Waals surface area (Å²) >= 11 is 2.18. The Morgan fingerprint density at radius 3 is 2.80 bits per heavy atom. The van der Waals surface area contributed by atoms with Gasteiger partial charge in [0.2, 0.25) is 0 Å². The van der Waals surface area contributed by atoms with Gasteiger partial charge in [0, 0.05) is 5.92 Å². The first-order chi connectivity index (χ1) is 4.75. The molecule has 0 aromatic carbocycles. The Morgan fingerprint density at radius 2 is 2.40 bits per heavy atom. The third-order valence-electron chi connectivity index (χ3n) is 1.81. The fourth-order valence-electron chi connectivity index (χ4n) is 1.06. The van der Waals surface area contributed by atoms with Crippen molar-refractivity contribution >= 4 is 22.6 Å². The standard InChI is InChI=1S/C7H11IO2/c1-5(2-8)6-3-10-4-7(6)9/h2,6-7,9H,3-4H2,1H3/b5-2+/t6-,7-/m0/s1. The highest BCUT2D eigenvalue weighted by molar-refractivity contribution is 14.1. The lowest BCUT2D eigenvalue weighted by atomic mass is 9.99. The number of hydrogen-bond acceptors (Lipinski definition) is 2. The molecule has 1 fully saturated rings. The molecule has 0 aliphatic carbocycles. The lowest BCUT2D eigenvalue weighted by molar-refractivity contribution is 0.122. The summed E-state index contributed by atoms with van der Waals surface area (Å²) in [6.45, 7) is 3.19. The predicted molar refractivity (Wildman–Crippen MR) is 48.1 cm³/mol. The highest BCUT2D eigenvalue weighted by Crippen LogP contribution is 2.22. The molecule has 1 heterocycles. The fraction of sp³-hybridized carbons (Fsp3) is 0.714. The van der Waals surface area contributed by atoms with E-state index >= 15 is 0 Å². The Labute approximate surface area is 74.4 Å². The van der Waals surface area contributed by atoms with Crippen molar-refractivity contribution in [3.8, 4) is 0 Å². The van der Waals surface area contributed by atoms with Crippen molar-refractivity contribution in [3.05, 3.63) is 9.66 Å². The monoisotopic (exact) mass is 254 g/mol. The molecule has 0 spiro atoms. The van der Waals surface area contributed by atoms with E-state index in [4.69, 9.17) is 4.74 Å². The van der Waals surface area contributed by atoms with Crippen LogP contribution in [0.1, 0.15) is 6.92 Å². The molecule has 0 unspecified atom stereocenters. The van der Waals surface area contributed by atoms with Crippen molar-refractivity contribution in [3.63, 3.8) is 0 Å². The molecule has 1 rings (SSSR count). The van der Waals surface area contributed by atoms with Gasteiger partial charge in [-0.05, 0) is 11.0 Å². The molecule has 1 aliphatic heterocycles. The second-order valence-electron chi connectivity index (χ2n) is 2.56. The third kappa shape index (κ3) is 1.71. The van der Waals surface area contributed by atoms with Crippen LogP contribution in [0, 0.1) is 5.92 Å². The van der Waals surface area contributed by atoms with Gasteiger partial charge in [-0.1, -0.05) is 28.2 Å². The first-order valence-electron chi connectivity index (χ1n) is 3.28. The SMILES string of the molecule is C/C(=C\I)[C@@H]1COC[C@@H]1O. The van der Waals surface area contributed by atoms with Crippen LogP contribution in [0.3, 0.4) is 0 Å². The van der Waals surface area contributed by atoms with Crippen molar-refractivity contribution in [2.45, 2.75) is 13.0 Å². The van der Waals surface area contributed by atoms with E-state index in [0.29, 0.717) is 13.2 Å². The summed E-state index contributed by atoms with van der Waals surface area (Å²) in [5.74, 6) is 0.233. The van der Waals surface area contributed by atoms with Gasteiger partial charge in [0.05, 0.1) is 19.3 Å². The molecule has 2 atom stereocenters. The summed E-state index contributed by atoms with van der Waals surface area (Å²) in [4.78, 5) is 0. The van der Waals surface area contributed by atoms with E-state index in [1.807, 2.05) is 11.0 Å². The van der Waals surface area contributed by atoms with Gasteiger partial charge in [-0.25, -0.2) is 0 Å². The minimum atomic E-state index is -0.286. The number of halogens is 1. The highest BCUT2D eigenvalue weighted by atomic mass is 127. The molecule has 58 valence electrons. The van der Waals surface area contributed by atoms with E-state index in [1.165, 1.54) is 5.57 Å². The maximum absolute atomic E-state index is 9.32. The zero-order chi connectivity index (χ0) is 7.56. The van der Waals surface area contributed by atoms with Crippen LogP contribution < -0.4 is 0 Å². The van der Waals surface area contributed by atoms with E-state index < -0.39 is 0 Å². The maximum Gasteiger partial charge on any atom is 0.0861 e. The second kappa shape index (κ2) is 3.69. The summed E-state index contributed by atoms with van der Waals surface area (Å²) < 4.78 is 7.10. The van der Waals surface area contributed by atoms with E-state index in [2.05, 4.69) is 22.6 Å². The molecular weight excluding hydrogens is 243 g/mol. The van der Waals surface area contributed by atoms with Gasteiger partial charge in [0.1, 0.15) is 0 Å². The number of rotatable bonds is 1. The summed E-state index contributed by atoms with van der Waals surface area (Å²) in [6.07, 6.45) is -0.286.